The zero-order valence-electron chi connectivity index (χ0n) is 16.8. The molecule has 0 spiro atoms. The van der Waals surface area contributed by atoms with Crippen LogP contribution in [0.1, 0.15) is 11.1 Å². The van der Waals surface area contributed by atoms with Gasteiger partial charge in [-0.25, -0.2) is 4.39 Å². The van der Waals surface area contributed by atoms with Crippen LogP contribution in [0.5, 0.6) is 0 Å². The standard InChI is InChI=1S/C24H23FN2OS2/c1-26(15-18-9-11-29-17-18)16-20-13-19-7-8-21(25)14-23(19)27(24(20)28)10-12-30-22-5-3-2-4-6-22/h2-9,11,13-14,17H,10,12,15-16H2,1H3. The van der Waals surface area contributed by atoms with Crippen LogP contribution >= 0.6 is 23.1 Å². The zero-order chi connectivity index (χ0) is 20.9. The van der Waals surface area contributed by atoms with E-state index < -0.39 is 0 Å². The van der Waals surface area contributed by atoms with E-state index in [1.54, 1.807) is 33.7 Å². The molecule has 0 N–H and O–H groups in total. The number of rotatable bonds is 8. The van der Waals surface area contributed by atoms with Crippen LogP contribution < -0.4 is 5.56 Å². The third-order valence-corrected chi connectivity index (χ3v) is 6.66. The molecule has 2 heterocycles. The molecule has 0 saturated heterocycles. The van der Waals surface area contributed by atoms with Crippen LogP contribution in [0.15, 0.2) is 81.1 Å². The molecule has 4 aromatic rings. The van der Waals surface area contributed by atoms with Gasteiger partial charge in [-0.15, -0.1) is 11.8 Å². The largest absolute Gasteiger partial charge is 0.307 e. The number of thiophene rings is 1. The summed E-state index contributed by atoms with van der Waals surface area (Å²) in [6.45, 7) is 1.86. The fraction of sp³-hybridized carbons (Fsp3) is 0.208. The van der Waals surface area contributed by atoms with Crippen molar-refractivity contribution in [1.82, 2.24) is 9.47 Å². The Balaban J connectivity index is 1.60. The predicted octanol–water partition coefficient (Wildman–Crippen LogP) is 5.63. The van der Waals surface area contributed by atoms with Crippen molar-refractivity contribution in [1.29, 1.82) is 0 Å². The number of aromatic nitrogens is 1. The van der Waals surface area contributed by atoms with Gasteiger partial charge < -0.3 is 4.57 Å². The lowest BCUT2D eigenvalue weighted by Crippen LogP contribution is -2.29. The maximum absolute atomic E-state index is 13.9. The van der Waals surface area contributed by atoms with Crippen LogP contribution in [0, 0.1) is 5.82 Å². The van der Waals surface area contributed by atoms with Crippen LogP contribution in [0.25, 0.3) is 10.9 Å². The molecule has 0 aliphatic carbocycles. The average Bonchev–Trinajstić information content (AvgIpc) is 3.24. The maximum atomic E-state index is 13.9. The van der Waals surface area contributed by atoms with Gasteiger partial charge in [0.05, 0.1) is 5.52 Å². The summed E-state index contributed by atoms with van der Waals surface area (Å²) in [5.74, 6) is 0.415. The third-order valence-electron chi connectivity index (χ3n) is 4.93. The van der Waals surface area contributed by atoms with Gasteiger partial charge in [0.15, 0.2) is 0 Å². The summed E-state index contributed by atoms with van der Waals surface area (Å²) < 4.78 is 15.7. The van der Waals surface area contributed by atoms with Gasteiger partial charge in [-0.3, -0.25) is 9.69 Å². The van der Waals surface area contributed by atoms with Gasteiger partial charge in [-0.2, -0.15) is 11.3 Å². The molecule has 154 valence electrons. The molecule has 0 bridgehead atoms. The normalized spacial score (nSPS) is 11.4. The Morgan fingerprint density at radius 2 is 1.90 bits per heavy atom. The summed E-state index contributed by atoms with van der Waals surface area (Å²) in [5.41, 5.74) is 2.58. The Morgan fingerprint density at radius 1 is 1.07 bits per heavy atom. The number of nitrogens with zero attached hydrogens (tertiary/aromatic N) is 2. The van der Waals surface area contributed by atoms with Crippen molar-refractivity contribution in [3.05, 3.63) is 98.7 Å². The number of halogens is 1. The van der Waals surface area contributed by atoms with Gasteiger partial charge in [-0.1, -0.05) is 18.2 Å². The molecule has 0 radical (unpaired) electrons. The molecule has 0 atom stereocenters. The van der Waals surface area contributed by atoms with Gasteiger partial charge in [0.2, 0.25) is 0 Å². The summed E-state index contributed by atoms with van der Waals surface area (Å²) in [7, 11) is 2.02. The number of benzene rings is 2. The number of hydrogen-bond acceptors (Lipinski definition) is 4. The highest BCUT2D eigenvalue weighted by molar-refractivity contribution is 7.99. The molecule has 0 aliphatic rings. The molecule has 0 aliphatic heterocycles. The van der Waals surface area contributed by atoms with Crippen LogP contribution in [0.4, 0.5) is 4.39 Å². The van der Waals surface area contributed by atoms with Gasteiger partial charge in [0, 0.05) is 35.8 Å². The average molecular weight is 439 g/mol. The van der Waals surface area contributed by atoms with Gasteiger partial charge >= 0.3 is 0 Å². The first kappa shape index (κ1) is 20.8. The van der Waals surface area contributed by atoms with Gasteiger partial charge in [0.1, 0.15) is 5.82 Å². The summed E-state index contributed by atoms with van der Waals surface area (Å²) in [5, 5.41) is 5.07. The molecule has 2 aromatic carbocycles. The van der Waals surface area contributed by atoms with Crippen molar-refractivity contribution < 1.29 is 4.39 Å². The second kappa shape index (κ2) is 9.60. The van der Waals surface area contributed by atoms with Gasteiger partial charge in [0.25, 0.3) is 5.56 Å². The lowest BCUT2D eigenvalue weighted by Gasteiger charge is -2.18. The van der Waals surface area contributed by atoms with E-state index in [2.05, 4.69) is 33.9 Å². The van der Waals surface area contributed by atoms with Crippen molar-refractivity contribution >= 4 is 34.0 Å². The van der Waals surface area contributed by atoms with E-state index in [0.717, 1.165) is 28.1 Å². The van der Waals surface area contributed by atoms with Crippen molar-refractivity contribution in [2.24, 2.45) is 0 Å². The van der Waals surface area contributed by atoms with E-state index in [1.807, 2.05) is 31.3 Å². The highest BCUT2D eigenvalue weighted by Gasteiger charge is 2.13. The smallest absolute Gasteiger partial charge is 0.255 e. The highest BCUT2D eigenvalue weighted by Crippen LogP contribution is 2.20. The lowest BCUT2D eigenvalue weighted by molar-refractivity contribution is 0.317. The molecule has 0 saturated carbocycles. The SMILES string of the molecule is CN(Cc1ccsc1)Cc1cc2ccc(F)cc2n(CCSc2ccccc2)c1=O. The first-order valence-electron chi connectivity index (χ1n) is 9.79. The first-order chi connectivity index (χ1) is 14.6. The molecule has 30 heavy (non-hydrogen) atoms. The highest BCUT2D eigenvalue weighted by atomic mass is 32.2. The molecule has 0 fully saturated rings. The third kappa shape index (κ3) is 5.01. The van der Waals surface area contributed by atoms with Crippen LogP contribution in [-0.2, 0) is 19.6 Å². The number of aryl methyl sites for hydroxylation is 1. The Hall–Kier alpha value is -2.41. The molecule has 6 heteroatoms. The number of hydrogen-bond donors (Lipinski definition) is 0. The van der Waals surface area contributed by atoms with E-state index in [9.17, 15) is 9.18 Å². The molecule has 2 aromatic heterocycles. The summed E-state index contributed by atoms with van der Waals surface area (Å²) >= 11 is 3.37. The predicted molar refractivity (Wildman–Crippen MR) is 125 cm³/mol. The number of pyridine rings is 1. The summed E-state index contributed by atoms with van der Waals surface area (Å²) in [4.78, 5) is 16.6. The fourth-order valence-corrected chi connectivity index (χ4v) is 5.07. The zero-order valence-corrected chi connectivity index (χ0v) is 18.4. The first-order valence-corrected chi connectivity index (χ1v) is 11.7. The van der Waals surface area contributed by atoms with E-state index in [4.69, 9.17) is 0 Å². The Kier molecular flexibility index (Phi) is 6.67. The molecule has 0 amide bonds. The van der Waals surface area contributed by atoms with Crippen molar-refractivity contribution in [3.8, 4) is 0 Å². The van der Waals surface area contributed by atoms with Crippen LogP contribution in [0.2, 0.25) is 0 Å². The minimum atomic E-state index is -0.325. The molecule has 0 unspecified atom stereocenters. The summed E-state index contributed by atoms with van der Waals surface area (Å²) in [6.07, 6.45) is 0. The quantitative estimate of drug-likeness (QED) is 0.334. The second-order valence-corrected chi connectivity index (χ2v) is 9.24. The minimum Gasteiger partial charge on any atom is -0.307 e. The van der Waals surface area contributed by atoms with Crippen molar-refractivity contribution in [2.45, 2.75) is 24.5 Å². The van der Waals surface area contributed by atoms with Crippen molar-refractivity contribution in [2.75, 3.05) is 12.8 Å². The Morgan fingerprint density at radius 3 is 2.67 bits per heavy atom. The lowest BCUT2D eigenvalue weighted by atomic mass is 10.1. The molecular formula is C24H23FN2OS2. The molecule has 4 rings (SSSR count). The van der Waals surface area contributed by atoms with E-state index in [-0.39, 0.29) is 11.4 Å². The number of fused-ring (bicyclic) bond motifs is 1. The van der Waals surface area contributed by atoms with Crippen LogP contribution in [-0.4, -0.2) is 22.3 Å². The summed E-state index contributed by atoms with van der Waals surface area (Å²) in [6, 6.07) is 18.8. The number of thioether (sulfide) groups is 1. The monoisotopic (exact) mass is 438 g/mol. The Labute approximate surface area is 183 Å². The van der Waals surface area contributed by atoms with Crippen LogP contribution in [0.3, 0.4) is 0 Å². The van der Waals surface area contributed by atoms with Gasteiger partial charge in [-0.05, 0) is 71.2 Å². The molecule has 3 nitrogen and oxygen atoms in total. The van der Waals surface area contributed by atoms with E-state index >= 15 is 0 Å². The Bertz CT molecular complexity index is 1170. The second-order valence-electron chi connectivity index (χ2n) is 7.29. The molecular weight excluding hydrogens is 415 g/mol. The van der Waals surface area contributed by atoms with E-state index in [0.29, 0.717) is 18.6 Å². The minimum absolute atomic E-state index is 0.0427. The topological polar surface area (TPSA) is 25.2 Å². The maximum Gasteiger partial charge on any atom is 0.255 e. The fourth-order valence-electron chi connectivity index (χ4n) is 3.55. The van der Waals surface area contributed by atoms with E-state index in [1.165, 1.54) is 17.7 Å². The van der Waals surface area contributed by atoms with Crippen molar-refractivity contribution in [3.63, 3.8) is 0 Å².